The van der Waals surface area contributed by atoms with Crippen LogP contribution in [0.4, 0.5) is 13.2 Å². The number of nitrogens with zero attached hydrogens (tertiary/aromatic N) is 1. The van der Waals surface area contributed by atoms with Crippen LogP contribution in [0, 0.1) is 5.82 Å². The Hall–Kier alpha value is -1.73. The molecule has 3 nitrogen and oxygen atoms in total. The van der Waals surface area contributed by atoms with E-state index < -0.39 is 18.3 Å². The summed E-state index contributed by atoms with van der Waals surface area (Å²) in [4.78, 5) is 7.23. The second-order valence-electron chi connectivity index (χ2n) is 5.17. The van der Waals surface area contributed by atoms with Crippen LogP contribution >= 0.6 is 27.5 Å². The lowest BCUT2D eigenvalue weighted by atomic mass is 9.92. The molecule has 2 aromatic heterocycles. The summed E-state index contributed by atoms with van der Waals surface area (Å²) in [6, 6.07) is 4.00. The second kappa shape index (κ2) is 6.64. The minimum atomic E-state index is -3.03. The number of fused-ring (bicyclic) bond motifs is 1. The maximum Gasteiger partial charge on any atom is 0.387 e. The Bertz CT molecular complexity index is 900. The molecule has 0 saturated heterocycles. The van der Waals surface area contributed by atoms with Crippen LogP contribution in [0.3, 0.4) is 0 Å². The summed E-state index contributed by atoms with van der Waals surface area (Å²) in [5.74, 6) is -1.34. The van der Waals surface area contributed by atoms with Gasteiger partial charge in [-0.2, -0.15) is 8.78 Å². The van der Waals surface area contributed by atoms with Crippen LogP contribution in [0.1, 0.15) is 24.0 Å². The highest BCUT2D eigenvalue weighted by molar-refractivity contribution is 9.10. The fourth-order valence-corrected chi connectivity index (χ4v) is 3.31. The zero-order valence-electron chi connectivity index (χ0n) is 12.3. The van der Waals surface area contributed by atoms with Crippen molar-refractivity contribution in [3.63, 3.8) is 0 Å². The lowest BCUT2D eigenvalue weighted by Gasteiger charge is -2.18. The molecule has 0 aliphatic carbocycles. The van der Waals surface area contributed by atoms with E-state index in [4.69, 9.17) is 11.6 Å². The largest absolute Gasteiger partial charge is 0.434 e. The molecule has 3 rings (SSSR count). The van der Waals surface area contributed by atoms with E-state index in [0.717, 1.165) is 27.6 Å². The van der Waals surface area contributed by atoms with Crippen molar-refractivity contribution in [3.05, 3.63) is 57.0 Å². The summed E-state index contributed by atoms with van der Waals surface area (Å²) in [5.41, 5.74) is 1.53. The molecule has 0 unspecified atom stereocenters. The monoisotopic (exact) mass is 418 g/mol. The lowest BCUT2D eigenvalue weighted by Crippen LogP contribution is -2.08. The average Bonchev–Trinajstić information content (AvgIpc) is 2.93. The number of aromatic amines is 1. The normalized spacial score (nSPS) is 12.8. The molecule has 1 N–H and O–H groups in total. The molecule has 1 atom stereocenters. The zero-order valence-corrected chi connectivity index (χ0v) is 14.6. The third kappa shape index (κ3) is 3.10. The van der Waals surface area contributed by atoms with Gasteiger partial charge in [0, 0.05) is 33.7 Å². The van der Waals surface area contributed by atoms with E-state index in [0.29, 0.717) is 5.65 Å². The molecule has 0 bridgehead atoms. The molecule has 1 aromatic carbocycles. The molecule has 0 amide bonds. The maximum absolute atomic E-state index is 13.9. The van der Waals surface area contributed by atoms with Crippen LogP contribution in [0.15, 0.2) is 35.1 Å². The van der Waals surface area contributed by atoms with Gasteiger partial charge in [-0.15, -0.1) is 0 Å². The number of halogens is 5. The average molecular weight is 420 g/mol. The molecule has 24 heavy (non-hydrogen) atoms. The molecular formula is C16H11BrClF3N2O. The number of pyridine rings is 1. The van der Waals surface area contributed by atoms with Crippen molar-refractivity contribution >= 4 is 38.6 Å². The van der Waals surface area contributed by atoms with E-state index in [9.17, 15) is 13.2 Å². The topological polar surface area (TPSA) is 37.9 Å². The minimum Gasteiger partial charge on any atom is -0.434 e. The molecule has 2 heterocycles. The number of aromatic nitrogens is 2. The number of alkyl halides is 2. The second-order valence-corrected chi connectivity index (χ2v) is 6.46. The van der Waals surface area contributed by atoms with E-state index >= 15 is 0 Å². The van der Waals surface area contributed by atoms with Crippen molar-refractivity contribution in [1.82, 2.24) is 9.97 Å². The van der Waals surface area contributed by atoms with Crippen molar-refractivity contribution in [1.29, 1.82) is 0 Å². The molecule has 0 saturated carbocycles. The summed E-state index contributed by atoms with van der Waals surface area (Å²) in [6.07, 6.45) is 3.33. The van der Waals surface area contributed by atoms with Crippen molar-refractivity contribution in [2.75, 3.05) is 0 Å². The van der Waals surface area contributed by atoms with Crippen LogP contribution in [-0.2, 0) is 0 Å². The first-order chi connectivity index (χ1) is 11.4. The van der Waals surface area contributed by atoms with Crippen LogP contribution in [-0.4, -0.2) is 16.6 Å². The highest BCUT2D eigenvalue weighted by atomic mass is 79.9. The summed E-state index contributed by atoms with van der Waals surface area (Å²) < 4.78 is 44.5. The number of H-pyrrole nitrogens is 1. The highest BCUT2D eigenvalue weighted by Gasteiger charge is 2.24. The highest BCUT2D eigenvalue weighted by Crippen LogP contribution is 2.41. The molecule has 126 valence electrons. The first-order valence-corrected chi connectivity index (χ1v) is 8.10. The number of hydrogen-bond donors (Lipinski definition) is 1. The standard InChI is InChI=1S/C16H11BrClF3N2O/c1-7(10-6-23-15-9(10)4-8(17)5-22-15)13-12(24-16(20)21)3-2-11(19)14(13)18/h2-7,16H,1H3,(H,22,23)/t7-/m0/s1. The van der Waals surface area contributed by atoms with E-state index in [1.807, 2.05) is 6.07 Å². The van der Waals surface area contributed by atoms with Crippen LogP contribution in [0.25, 0.3) is 11.0 Å². The Labute approximate surface area is 148 Å². The summed E-state index contributed by atoms with van der Waals surface area (Å²) in [7, 11) is 0. The van der Waals surface area contributed by atoms with Gasteiger partial charge in [-0.05, 0) is 39.7 Å². The fourth-order valence-electron chi connectivity index (χ4n) is 2.66. The number of ether oxygens (including phenoxy) is 1. The van der Waals surface area contributed by atoms with Crippen molar-refractivity contribution in [2.24, 2.45) is 0 Å². The minimum absolute atomic E-state index is 0.152. The third-order valence-corrected chi connectivity index (χ3v) is 4.56. The Morgan fingerprint density at radius 1 is 1.33 bits per heavy atom. The SMILES string of the molecule is C[C@H](c1c(OC(F)F)ccc(F)c1Cl)c1c[nH]c2ncc(Br)cc12. The van der Waals surface area contributed by atoms with Gasteiger partial charge in [0.15, 0.2) is 0 Å². The van der Waals surface area contributed by atoms with Crippen LogP contribution in [0.2, 0.25) is 5.02 Å². The molecule has 0 aliphatic rings. The van der Waals surface area contributed by atoms with Crippen molar-refractivity contribution in [3.8, 4) is 5.75 Å². The van der Waals surface area contributed by atoms with Crippen molar-refractivity contribution in [2.45, 2.75) is 19.5 Å². The lowest BCUT2D eigenvalue weighted by molar-refractivity contribution is -0.0505. The van der Waals surface area contributed by atoms with E-state index in [1.165, 1.54) is 0 Å². The summed E-state index contributed by atoms with van der Waals surface area (Å²) in [5, 5.41) is 0.540. The van der Waals surface area contributed by atoms with Gasteiger partial charge in [-0.1, -0.05) is 18.5 Å². The Balaban J connectivity index is 2.16. The summed E-state index contributed by atoms with van der Waals surface area (Å²) >= 11 is 9.38. The number of rotatable bonds is 4. The van der Waals surface area contributed by atoms with Crippen LogP contribution in [0.5, 0.6) is 5.75 Å². The number of hydrogen-bond acceptors (Lipinski definition) is 2. The molecule has 0 fully saturated rings. The van der Waals surface area contributed by atoms with E-state index in [2.05, 4.69) is 30.6 Å². The Kier molecular flexibility index (Phi) is 4.73. The first-order valence-electron chi connectivity index (χ1n) is 6.93. The number of nitrogens with one attached hydrogen (secondary N) is 1. The predicted molar refractivity (Wildman–Crippen MR) is 89.4 cm³/mol. The Morgan fingerprint density at radius 3 is 2.79 bits per heavy atom. The van der Waals surface area contributed by atoms with Gasteiger partial charge in [0.25, 0.3) is 0 Å². The van der Waals surface area contributed by atoms with Gasteiger partial charge in [-0.3, -0.25) is 0 Å². The van der Waals surface area contributed by atoms with E-state index in [1.54, 1.807) is 19.3 Å². The first kappa shape index (κ1) is 17.1. The number of benzene rings is 1. The molecule has 3 aromatic rings. The van der Waals surface area contributed by atoms with Crippen LogP contribution < -0.4 is 4.74 Å². The molecular weight excluding hydrogens is 409 g/mol. The van der Waals surface area contributed by atoms with Gasteiger partial charge in [0.05, 0.1) is 5.02 Å². The smallest absolute Gasteiger partial charge is 0.387 e. The third-order valence-electron chi connectivity index (χ3n) is 3.74. The van der Waals surface area contributed by atoms with Gasteiger partial charge in [-0.25, -0.2) is 9.37 Å². The molecule has 8 heteroatoms. The van der Waals surface area contributed by atoms with Gasteiger partial charge in [0.2, 0.25) is 0 Å². The van der Waals surface area contributed by atoms with E-state index in [-0.39, 0.29) is 16.3 Å². The summed E-state index contributed by atoms with van der Waals surface area (Å²) in [6.45, 7) is -1.29. The van der Waals surface area contributed by atoms with Gasteiger partial charge in [0.1, 0.15) is 17.2 Å². The molecule has 0 aliphatic heterocycles. The quantitative estimate of drug-likeness (QED) is 0.574. The molecule has 0 radical (unpaired) electrons. The predicted octanol–water partition coefficient (Wildman–Crippen LogP) is 5.87. The van der Waals surface area contributed by atoms with Gasteiger partial charge >= 0.3 is 6.61 Å². The molecule has 0 spiro atoms. The van der Waals surface area contributed by atoms with Gasteiger partial charge < -0.3 is 9.72 Å². The Morgan fingerprint density at radius 2 is 2.08 bits per heavy atom. The van der Waals surface area contributed by atoms with Crippen molar-refractivity contribution < 1.29 is 17.9 Å². The fraction of sp³-hybridized carbons (Fsp3) is 0.188. The maximum atomic E-state index is 13.9. The zero-order chi connectivity index (χ0) is 17.4.